The normalized spacial score (nSPS) is 10.8. The van der Waals surface area contributed by atoms with Gasteiger partial charge in [-0.05, 0) is 12.8 Å². The molecule has 5 nitrogen and oxygen atoms in total. The average molecular weight is 287 g/mol. The van der Waals surface area contributed by atoms with Gasteiger partial charge < -0.3 is 9.88 Å². The molecule has 1 N–H and O–H groups in total. The van der Waals surface area contributed by atoms with E-state index in [1.807, 2.05) is 18.5 Å². The van der Waals surface area contributed by atoms with Crippen LogP contribution in [0.1, 0.15) is 51.0 Å². The third kappa shape index (κ3) is 4.28. The van der Waals surface area contributed by atoms with Crippen LogP contribution in [-0.4, -0.2) is 26.1 Å². The Balaban J connectivity index is 2.19. The van der Waals surface area contributed by atoms with Crippen LogP contribution in [0.2, 0.25) is 0 Å². The van der Waals surface area contributed by atoms with E-state index in [4.69, 9.17) is 0 Å². The maximum absolute atomic E-state index is 4.63. The van der Waals surface area contributed by atoms with Gasteiger partial charge in [0.1, 0.15) is 17.5 Å². The van der Waals surface area contributed by atoms with Gasteiger partial charge in [0.15, 0.2) is 0 Å². The van der Waals surface area contributed by atoms with Crippen LogP contribution in [0.3, 0.4) is 0 Å². The third-order valence-corrected chi connectivity index (χ3v) is 3.30. The number of hydrogen-bond donors (Lipinski definition) is 1. The van der Waals surface area contributed by atoms with Crippen molar-refractivity contribution in [2.45, 2.75) is 53.0 Å². The highest BCUT2D eigenvalue weighted by molar-refractivity contribution is 5.36. The maximum Gasteiger partial charge on any atom is 0.130 e. The van der Waals surface area contributed by atoms with Gasteiger partial charge in [-0.15, -0.1) is 0 Å². The minimum absolute atomic E-state index is 0.753. The lowest BCUT2D eigenvalue weighted by Gasteiger charge is -2.10. The summed E-state index contributed by atoms with van der Waals surface area (Å²) in [5.74, 6) is 2.88. The van der Waals surface area contributed by atoms with Crippen LogP contribution in [0.5, 0.6) is 0 Å². The zero-order valence-corrected chi connectivity index (χ0v) is 13.3. The molecule has 21 heavy (non-hydrogen) atoms. The Morgan fingerprint density at radius 1 is 1.14 bits per heavy atom. The first-order valence-corrected chi connectivity index (χ1v) is 7.87. The molecule has 0 aliphatic heterocycles. The highest BCUT2D eigenvalue weighted by atomic mass is 15.1. The number of nitrogens with one attached hydrogen (secondary N) is 1. The first kappa shape index (κ1) is 15.5. The number of aromatic nitrogens is 4. The fraction of sp³-hybridized carbons (Fsp3) is 0.562. The molecular formula is C16H25N5. The topological polar surface area (TPSA) is 55.6 Å². The van der Waals surface area contributed by atoms with Crippen molar-refractivity contribution < 1.29 is 0 Å². The lowest BCUT2D eigenvalue weighted by Crippen LogP contribution is -2.09. The number of imidazole rings is 1. The molecule has 0 aliphatic carbocycles. The van der Waals surface area contributed by atoms with E-state index in [-0.39, 0.29) is 0 Å². The monoisotopic (exact) mass is 287 g/mol. The molecule has 0 unspecified atom stereocenters. The fourth-order valence-corrected chi connectivity index (χ4v) is 2.26. The number of anilines is 1. The summed E-state index contributed by atoms with van der Waals surface area (Å²) >= 11 is 0. The first-order valence-electron chi connectivity index (χ1n) is 7.87. The van der Waals surface area contributed by atoms with Crippen LogP contribution in [0.25, 0.3) is 0 Å². The minimum atomic E-state index is 0.753. The molecule has 0 aromatic carbocycles. The number of hydrogen-bond acceptors (Lipinski definition) is 4. The summed E-state index contributed by atoms with van der Waals surface area (Å²) in [6.07, 6.45) is 7.69. The van der Waals surface area contributed by atoms with Gasteiger partial charge in [-0.25, -0.2) is 15.0 Å². The van der Waals surface area contributed by atoms with E-state index >= 15 is 0 Å². The van der Waals surface area contributed by atoms with Gasteiger partial charge >= 0.3 is 0 Å². The number of nitrogens with zero attached hydrogens (tertiary/aromatic N) is 4. The summed E-state index contributed by atoms with van der Waals surface area (Å²) in [4.78, 5) is 13.6. The van der Waals surface area contributed by atoms with E-state index in [2.05, 4.69) is 45.6 Å². The fourth-order valence-electron chi connectivity index (χ4n) is 2.26. The number of rotatable bonds is 8. The molecule has 2 rings (SSSR count). The summed E-state index contributed by atoms with van der Waals surface area (Å²) in [5.41, 5.74) is 1.03. The Morgan fingerprint density at radius 3 is 2.71 bits per heavy atom. The Kier molecular flexibility index (Phi) is 5.72. The second-order valence-corrected chi connectivity index (χ2v) is 5.15. The zero-order valence-electron chi connectivity index (χ0n) is 13.3. The molecule has 0 saturated heterocycles. The summed E-state index contributed by atoms with van der Waals surface area (Å²) in [5, 5.41) is 3.35. The minimum Gasteiger partial charge on any atom is -0.370 e. The zero-order chi connectivity index (χ0) is 15.1. The lowest BCUT2D eigenvalue weighted by molar-refractivity contribution is 0.644. The van der Waals surface area contributed by atoms with E-state index < -0.39 is 0 Å². The smallest absolute Gasteiger partial charge is 0.130 e. The maximum atomic E-state index is 4.63. The van der Waals surface area contributed by atoms with Gasteiger partial charge in [0.2, 0.25) is 0 Å². The lowest BCUT2D eigenvalue weighted by atomic mass is 10.2. The SMILES string of the molecule is CCCNc1cc(Cc2nccn2CCC)nc(CC)n1. The van der Waals surface area contributed by atoms with Crippen LogP contribution in [-0.2, 0) is 19.4 Å². The second-order valence-electron chi connectivity index (χ2n) is 5.15. The summed E-state index contributed by atoms with van der Waals surface area (Å²) in [6, 6.07) is 2.04. The van der Waals surface area contributed by atoms with Crippen molar-refractivity contribution in [1.29, 1.82) is 0 Å². The van der Waals surface area contributed by atoms with Gasteiger partial charge in [0.25, 0.3) is 0 Å². The van der Waals surface area contributed by atoms with Crippen LogP contribution in [0.15, 0.2) is 18.5 Å². The van der Waals surface area contributed by atoms with Crippen molar-refractivity contribution in [2.75, 3.05) is 11.9 Å². The molecule has 114 valence electrons. The van der Waals surface area contributed by atoms with Crippen molar-refractivity contribution in [3.05, 3.63) is 35.8 Å². The first-order chi connectivity index (χ1) is 10.3. The van der Waals surface area contributed by atoms with Crippen molar-refractivity contribution in [3.8, 4) is 0 Å². The molecule has 0 atom stereocenters. The molecule has 0 radical (unpaired) electrons. The van der Waals surface area contributed by atoms with Crippen LogP contribution in [0.4, 0.5) is 5.82 Å². The third-order valence-electron chi connectivity index (χ3n) is 3.30. The molecular weight excluding hydrogens is 262 g/mol. The highest BCUT2D eigenvalue weighted by Gasteiger charge is 2.08. The predicted molar refractivity (Wildman–Crippen MR) is 85.5 cm³/mol. The molecule has 0 spiro atoms. The Labute approximate surface area is 126 Å². The van der Waals surface area contributed by atoms with Crippen molar-refractivity contribution >= 4 is 5.82 Å². The van der Waals surface area contributed by atoms with Crippen LogP contribution < -0.4 is 5.32 Å². The second kappa shape index (κ2) is 7.76. The Hall–Kier alpha value is -1.91. The van der Waals surface area contributed by atoms with Crippen molar-refractivity contribution in [1.82, 2.24) is 19.5 Å². The van der Waals surface area contributed by atoms with E-state index in [1.54, 1.807) is 0 Å². The molecule has 0 fully saturated rings. The standard InChI is InChI=1S/C16H25N5/c1-4-7-17-15-11-13(19-14(6-3)20-15)12-16-18-8-10-21(16)9-5-2/h8,10-11H,4-7,9,12H2,1-3H3,(H,17,19,20). The molecule has 0 saturated carbocycles. The quantitative estimate of drug-likeness (QED) is 0.810. The Morgan fingerprint density at radius 2 is 2.00 bits per heavy atom. The van der Waals surface area contributed by atoms with Crippen LogP contribution >= 0.6 is 0 Å². The number of aryl methyl sites for hydroxylation is 2. The van der Waals surface area contributed by atoms with Crippen molar-refractivity contribution in [3.63, 3.8) is 0 Å². The predicted octanol–water partition coefficient (Wildman–Crippen LogP) is 3.06. The highest BCUT2D eigenvalue weighted by Crippen LogP contribution is 2.12. The molecule has 0 bridgehead atoms. The van der Waals surface area contributed by atoms with E-state index in [1.165, 1.54) is 0 Å². The van der Waals surface area contributed by atoms with E-state index in [0.717, 1.165) is 61.9 Å². The van der Waals surface area contributed by atoms with E-state index in [0.29, 0.717) is 0 Å². The molecule has 0 aliphatic rings. The molecule has 5 heteroatoms. The van der Waals surface area contributed by atoms with Crippen molar-refractivity contribution in [2.24, 2.45) is 0 Å². The van der Waals surface area contributed by atoms with Gasteiger partial charge in [-0.3, -0.25) is 0 Å². The summed E-state index contributed by atoms with van der Waals surface area (Å²) < 4.78 is 2.20. The van der Waals surface area contributed by atoms with Gasteiger partial charge in [0, 0.05) is 44.4 Å². The average Bonchev–Trinajstić information content (AvgIpc) is 2.92. The summed E-state index contributed by atoms with van der Waals surface area (Å²) in [6.45, 7) is 8.35. The van der Waals surface area contributed by atoms with Gasteiger partial charge in [0.05, 0.1) is 5.69 Å². The Bertz CT molecular complexity index is 562. The summed E-state index contributed by atoms with van der Waals surface area (Å²) in [7, 11) is 0. The van der Waals surface area contributed by atoms with E-state index in [9.17, 15) is 0 Å². The molecule has 0 amide bonds. The molecule has 2 aromatic heterocycles. The largest absolute Gasteiger partial charge is 0.370 e. The van der Waals surface area contributed by atoms with Gasteiger partial charge in [-0.1, -0.05) is 20.8 Å². The van der Waals surface area contributed by atoms with Gasteiger partial charge in [-0.2, -0.15) is 0 Å². The molecule has 2 heterocycles. The van der Waals surface area contributed by atoms with Crippen LogP contribution in [0, 0.1) is 0 Å². The molecule has 2 aromatic rings.